The highest BCUT2D eigenvalue weighted by Gasteiger charge is 2.05. The van der Waals surface area contributed by atoms with Crippen molar-refractivity contribution in [2.24, 2.45) is 0 Å². The van der Waals surface area contributed by atoms with Crippen molar-refractivity contribution >= 4 is 11.0 Å². The average Bonchev–Trinajstić information content (AvgIpc) is 2.63. The van der Waals surface area contributed by atoms with Crippen LogP contribution in [-0.2, 0) is 6.54 Å². The predicted octanol–water partition coefficient (Wildman–Crippen LogP) is 3.24. The minimum Gasteiger partial charge on any atom is -0.245 e. The van der Waals surface area contributed by atoms with E-state index < -0.39 is 0 Å². The third kappa shape index (κ3) is 2.08. The van der Waals surface area contributed by atoms with E-state index in [1.807, 2.05) is 4.68 Å². The lowest BCUT2D eigenvalue weighted by atomic mass is 10.1. The second-order valence-corrected chi connectivity index (χ2v) is 4.44. The fourth-order valence-electron chi connectivity index (χ4n) is 1.90. The molecule has 0 atom stereocenters. The molecule has 2 rings (SSSR count). The van der Waals surface area contributed by atoms with Gasteiger partial charge in [0.25, 0.3) is 0 Å². The molecule has 0 N–H and O–H groups in total. The fraction of sp³-hybridized carbons (Fsp3) is 0.538. The molecule has 0 aliphatic carbocycles. The molecule has 0 saturated heterocycles. The van der Waals surface area contributed by atoms with Gasteiger partial charge in [0.1, 0.15) is 5.52 Å². The molecule has 1 aromatic heterocycles. The molecule has 0 aliphatic rings. The predicted molar refractivity (Wildman–Crippen MR) is 66.5 cm³/mol. The number of fused-ring (bicyclic) bond motifs is 1. The van der Waals surface area contributed by atoms with Gasteiger partial charge in [-0.25, -0.2) is 4.68 Å². The highest BCUT2D eigenvalue weighted by molar-refractivity contribution is 5.76. The third-order valence-corrected chi connectivity index (χ3v) is 3.10. The van der Waals surface area contributed by atoms with Crippen molar-refractivity contribution in [3.05, 3.63) is 23.3 Å². The van der Waals surface area contributed by atoms with Crippen LogP contribution >= 0.6 is 0 Å². The molecule has 1 heterocycles. The summed E-state index contributed by atoms with van der Waals surface area (Å²) in [4.78, 5) is 0. The van der Waals surface area contributed by atoms with Gasteiger partial charge in [-0.15, -0.1) is 5.10 Å². The van der Waals surface area contributed by atoms with Gasteiger partial charge in [0.05, 0.1) is 5.52 Å². The van der Waals surface area contributed by atoms with Crippen molar-refractivity contribution in [1.29, 1.82) is 0 Å². The average molecular weight is 217 g/mol. The SMILES string of the molecule is CCCCCn1nnc2cc(C)c(C)cc21. The van der Waals surface area contributed by atoms with E-state index in [0.717, 1.165) is 12.1 Å². The number of aryl methyl sites for hydroxylation is 3. The Hall–Kier alpha value is -1.38. The van der Waals surface area contributed by atoms with Crippen molar-refractivity contribution in [2.45, 2.75) is 46.6 Å². The molecule has 86 valence electrons. The zero-order valence-corrected chi connectivity index (χ0v) is 10.3. The number of hydrogen-bond donors (Lipinski definition) is 0. The van der Waals surface area contributed by atoms with Crippen molar-refractivity contribution in [3.63, 3.8) is 0 Å². The Morgan fingerprint density at radius 2 is 1.88 bits per heavy atom. The normalized spacial score (nSPS) is 11.2. The summed E-state index contributed by atoms with van der Waals surface area (Å²) < 4.78 is 2.03. The molecule has 0 bridgehead atoms. The van der Waals surface area contributed by atoms with Crippen molar-refractivity contribution < 1.29 is 0 Å². The Labute approximate surface area is 96.5 Å². The van der Waals surface area contributed by atoms with Crippen LogP contribution in [-0.4, -0.2) is 15.0 Å². The first-order valence-corrected chi connectivity index (χ1v) is 6.03. The van der Waals surface area contributed by atoms with Crippen LogP contribution in [0.3, 0.4) is 0 Å². The van der Waals surface area contributed by atoms with Gasteiger partial charge in [-0.3, -0.25) is 0 Å². The van der Waals surface area contributed by atoms with Crippen LogP contribution in [0.2, 0.25) is 0 Å². The summed E-state index contributed by atoms with van der Waals surface area (Å²) in [7, 11) is 0. The molecule has 0 aliphatic heterocycles. The smallest absolute Gasteiger partial charge is 0.113 e. The number of nitrogens with zero attached hydrogens (tertiary/aromatic N) is 3. The molecular formula is C13H19N3. The van der Waals surface area contributed by atoms with Gasteiger partial charge in [0, 0.05) is 6.54 Å². The molecule has 1 aromatic carbocycles. The van der Waals surface area contributed by atoms with Gasteiger partial charge in [0.15, 0.2) is 0 Å². The Kier molecular flexibility index (Phi) is 3.22. The molecule has 0 saturated carbocycles. The fourth-order valence-corrected chi connectivity index (χ4v) is 1.90. The highest BCUT2D eigenvalue weighted by atomic mass is 15.4. The maximum atomic E-state index is 4.22. The van der Waals surface area contributed by atoms with E-state index in [9.17, 15) is 0 Å². The van der Waals surface area contributed by atoms with Crippen molar-refractivity contribution in [2.75, 3.05) is 0 Å². The Bertz CT molecular complexity index is 485. The molecule has 0 spiro atoms. The minimum atomic E-state index is 0.979. The van der Waals surface area contributed by atoms with E-state index >= 15 is 0 Å². The molecule has 0 unspecified atom stereocenters. The van der Waals surface area contributed by atoms with Crippen LogP contribution in [0.1, 0.15) is 37.3 Å². The van der Waals surface area contributed by atoms with Crippen molar-refractivity contribution in [1.82, 2.24) is 15.0 Å². The monoisotopic (exact) mass is 217 g/mol. The summed E-state index contributed by atoms with van der Waals surface area (Å²) in [5.41, 5.74) is 4.78. The van der Waals surface area contributed by atoms with Crippen LogP contribution in [0.15, 0.2) is 12.1 Å². The van der Waals surface area contributed by atoms with Crippen LogP contribution in [0.5, 0.6) is 0 Å². The lowest BCUT2D eigenvalue weighted by Gasteiger charge is -2.03. The zero-order chi connectivity index (χ0) is 11.5. The summed E-state index contributed by atoms with van der Waals surface area (Å²) >= 11 is 0. The highest BCUT2D eigenvalue weighted by Crippen LogP contribution is 2.17. The maximum Gasteiger partial charge on any atom is 0.113 e. The van der Waals surface area contributed by atoms with Gasteiger partial charge >= 0.3 is 0 Å². The first-order valence-electron chi connectivity index (χ1n) is 6.03. The maximum absolute atomic E-state index is 4.22. The second kappa shape index (κ2) is 4.64. The summed E-state index contributed by atoms with van der Waals surface area (Å²) in [6.45, 7) is 7.45. The van der Waals surface area contributed by atoms with Crippen LogP contribution in [0.4, 0.5) is 0 Å². The Morgan fingerprint density at radius 3 is 2.62 bits per heavy atom. The first-order chi connectivity index (χ1) is 7.72. The molecule has 3 heteroatoms. The number of aromatic nitrogens is 3. The van der Waals surface area contributed by atoms with Crippen LogP contribution < -0.4 is 0 Å². The number of rotatable bonds is 4. The minimum absolute atomic E-state index is 0.979. The van der Waals surface area contributed by atoms with E-state index in [4.69, 9.17) is 0 Å². The molecule has 0 amide bonds. The third-order valence-electron chi connectivity index (χ3n) is 3.10. The van der Waals surface area contributed by atoms with Gasteiger partial charge < -0.3 is 0 Å². The topological polar surface area (TPSA) is 30.7 Å². The lowest BCUT2D eigenvalue weighted by Crippen LogP contribution is -2.00. The number of unbranched alkanes of at least 4 members (excludes halogenated alkanes) is 2. The van der Waals surface area contributed by atoms with Gasteiger partial charge in [-0.2, -0.15) is 0 Å². The van der Waals surface area contributed by atoms with E-state index in [0.29, 0.717) is 0 Å². The molecular weight excluding hydrogens is 198 g/mol. The quantitative estimate of drug-likeness (QED) is 0.736. The summed E-state index contributed by atoms with van der Waals surface area (Å²) in [6.07, 6.45) is 3.68. The zero-order valence-electron chi connectivity index (χ0n) is 10.3. The second-order valence-electron chi connectivity index (χ2n) is 4.44. The van der Waals surface area contributed by atoms with Gasteiger partial charge in [0.2, 0.25) is 0 Å². The molecule has 3 nitrogen and oxygen atoms in total. The van der Waals surface area contributed by atoms with E-state index in [-0.39, 0.29) is 0 Å². The molecule has 0 fully saturated rings. The molecule has 2 aromatic rings. The van der Waals surface area contributed by atoms with Gasteiger partial charge in [-0.05, 0) is 43.5 Å². The number of hydrogen-bond acceptors (Lipinski definition) is 2. The summed E-state index contributed by atoms with van der Waals surface area (Å²) in [5.74, 6) is 0. The first kappa shape index (κ1) is 11.1. The van der Waals surface area contributed by atoms with E-state index in [1.54, 1.807) is 0 Å². The lowest BCUT2D eigenvalue weighted by molar-refractivity contribution is 0.550. The Balaban J connectivity index is 2.29. The standard InChI is InChI=1S/C13H19N3/c1-4-5-6-7-16-13-9-11(3)10(2)8-12(13)14-15-16/h8-9H,4-7H2,1-3H3. The van der Waals surface area contributed by atoms with Gasteiger partial charge in [-0.1, -0.05) is 25.0 Å². The molecule has 16 heavy (non-hydrogen) atoms. The van der Waals surface area contributed by atoms with Crippen LogP contribution in [0.25, 0.3) is 11.0 Å². The largest absolute Gasteiger partial charge is 0.245 e. The Morgan fingerprint density at radius 1 is 1.12 bits per heavy atom. The summed E-state index contributed by atoms with van der Waals surface area (Å²) in [5, 5.41) is 8.43. The molecule has 0 radical (unpaired) electrons. The van der Waals surface area contributed by atoms with E-state index in [1.165, 1.54) is 35.9 Å². The summed E-state index contributed by atoms with van der Waals surface area (Å²) in [6, 6.07) is 4.31. The van der Waals surface area contributed by atoms with Crippen molar-refractivity contribution in [3.8, 4) is 0 Å². The van der Waals surface area contributed by atoms with Crippen LogP contribution in [0, 0.1) is 13.8 Å². The number of benzene rings is 1. The van der Waals surface area contributed by atoms with E-state index in [2.05, 4.69) is 43.2 Å².